The molecule has 0 aliphatic carbocycles. The fourth-order valence-electron chi connectivity index (χ4n) is 2.09. The molecule has 0 spiro atoms. The van der Waals surface area contributed by atoms with Crippen molar-refractivity contribution in [1.29, 1.82) is 0 Å². The van der Waals surface area contributed by atoms with Gasteiger partial charge in [0.15, 0.2) is 0 Å². The first-order chi connectivity index (χ1) is 12.0. The Kier molecular flexibility index (Phi) is 4.82. The molecule has 0 radical (unpaired) electrons. The fraction of sp³-hybridized carbons (Fsp3) is 0.0588. The predicted molar refractivity (Wildman–Crippen MR) is 98.5 cm³/mol. The van der Waals surface area contributed by atoms with Crippen molar-refractivity contribution < 1.29 is 13.2 Å². The number of aromatic nitrogens is 1. The second kappa shape index (κ2) is 7.04. The molecule has 6 nitrogen and oxygen atoms in total. The van der Waals surface area contributed by atoms with Crippen LogP contribution in [0.15, 0.2) is 64.3 Å². The monoisotopic (exact) mass is 373 g/mol. The topological polar surface area (TPSA) is 88.2 Å². The van der Waals surface area contributed by atoms with Gasteiger partial charge in [0.25, 0.3) is 15.9 Å². The number of carbonyl (C=O) groups excluding carboxylic acids is 1. The second-order valence-electron chi connectivity index (χ2n) is 5.23. The van der Waals surface area contributed by atoms with Gasteiger partial charge in [0.05, 0.1) is 16.9 Å². The standard InChI is InChI=1S/C17H15N3O3S2/c1-12-8-9-13(11-18-12)17(21)19-14-5-2-3-6-15(14)20-25(22,23)16-7-4-10-24-16/h2-11,20H,1H3,(H,19,21). The Morgan fingerprint density at radius 1 is 1.04 bits per heavy atom. The maximum absolute atomic E-state index is 12.4. The fourth-order valence-corrected chi connectivity index (χ4v) is 4.16. The van der Waals surface area contributed by atoms with Crippen LogP contribution in [0.4, 0.5) is 11.4 Å². The van der Waals surface area contributed by atoms with Gasteiger partial charge in [0.1, 0.15) is 4.21 Å². The molecule has 2 aromatic heterocycles. The van der Waals surface area contributed by atoms with E-state index in [9.17, 15) is 13.2 Å². The van der Waals surface area contributed by atoms with Crippen LogP contribution in [0.3, 0.4) is 0 Å². The van der Waals surface area contributed by atoms with E-state index in [1.807, 2.05) is 6.92 Å². The number of thiophene rings is 1. The average molecular weight is 373 g/mol. The summed E-state index contributed by atoms with van der Waals surface area (Å²) in [6.07, 6.45) is 1.48. The van der Waals surface area contributed by atoms with Crippen molar-refractivity contribution in [2.24, 2.45) is 0 Å². The van der Waals surface area contributed by atoms with Crippen molar-refractivity contribution in [1.82, 2.24) is 4.98 Å². The number of anilines is 2. The maximum Gasteiger partial charge on any atom is 0.271 e. The lowest BCUT2D eigenvalue weighted by Crippen LogP contribution is -2.16. The molecule has 0 saturated carbocycles. The molecule has 0 bridgehead atoms. The molecule has 25 heavy (non-hydrogen) atoms. The van der Waals surface area contributed by atoms with E-state index >= 15 is 0 Å². The Morgan fingerprint density at radius 3 is 2.44 bits per heavy atom. The van der Waals surface area contributed by atoms with Gasteiger partial charge in [-0.05, 0) is 42.6 Å². The van der Waals surface area contributed by atoms with Crippen molar-refractivity contribution >= 4 is 38.6 Å². The zero-order valence-electron chi connectivity index (χ0n) is 13.3. The molecule has 128 valence electrons. The van der Waals surface area contributed by atoms with Gasteiger partial charge in [-0.2, -0.15) is 0 Å². The minimum atomic E-state index is -3.69. The van der Waals surface area contributed by atoms with E-state index in [1.165, 1.54) is 12.3 Å². The number of para-hydroxylation sites is 2. The molecule has 8 heteroatoms. The Balaban J connectivity index is 1.84. The molecule has 2 N–H and O–H groups in total. The number of nitrogens with one attached hydrogen (secondary N) is 2. The molecule has 0 aliphatic rings. The zero-order chi connectivity index (χ0) is 17.9. The molecular formula is C17H15N3O3S2. The number of pyridine rings is 1. The van der Waals surface area contributed by atoms with Gasteiger partial charge in [0, 0.05) is 11.9 Å². The van der Waals surface area contributed by atoms with Gasteiger partial charge in [-0.1, -0.05) is 18.2 Å². The van der Waals surface area contributed by atoms with E-state index in [1.54, 1.807) is 47.8 Å². The van der Waals surface area contributed by atoms with Crippen LogP contribution in [-0.4, -0.2) is 19.3 Å². The molecule has 1 aromatic carbocycles. The van der Waals surface area contributed by atoms with Crippen molar-refractivity contribution in [3.63, 3.8) is 0 Å². The van der Waals surface area contributed by atoms with Crippen molar-refractivity contribution in [2.75, 3.05) is 10.0 Å². The molecule has 3 aromatic rings. The predicted octanol–water partition coefficient (Wildman–Crippen LogP) is 3.50. The van der Waals surface area contributed by atoms with Gasteiger partial charge in [0.2, 0.25) is 0 Å². The summed E-state index contributed by atoms with van der Waals surface area (Å²) >= 11 is 1.12. The van der Waals surface area contributed by atoms with E-state index in [0.717, 1.165) is 17.0 Å². The summed E-state index contributed by atoms with van der Waals surface area (Å²) in [7, 11) is -3.69. The summed E-state index contributed by atoms with van der Waals surface area (Å²) in [6.45, 7) is 1.83. The van der Waals surface area contributed by atoms with Crippen molar-refractivity contribution in [3.8, 4) is 0 Å². The van der Waals surface area contributed by atoms with Crippen LogP contribution in [0.25, 0.3) is 0 Å². The first-order valence-electron chi connectivity index (χ1n) is 7.35. The minimum Gasteiger partial charge on any atom is -0.320 e. The number of hydrogen-bond donors (Lipinski definition) is 2. The molecule has 3 rings (SSSR count). The molecule has 2 heterocycles. The van der Waals surface area contributed by atoms with Gasteiger partial charge in [-0.3, -0.25) is 14.5 Å². The highest BCUT2D eigenvalue weighted by molar-refractivity contribution is 7.94. The number of carbonyl (C=O) groups is 1. The van der Waals surface area contributed by atoms with E-state index in [2.05, 4.69) is 15.0 Å². The normalized spacial score (nSPS) is 11.1. The molecule has 1 amide bonds. The van der Waals surface area contributed by atoms with Gasteiger partial charge < -0.3 is 5.32 Å². The van der Waals surface area contributed by atoms with E-state index < -0.39 is 10.0 Å². The molecular weight excluding hydrogens is 358 g/mol. The number of amides is 1. The number of rotatable bonds is 5. The third-order valence-corrected chi connectivity index (χ3v) is 6.12. The zero-order valence-corrected chi connectivity index (χ0v) is 14.9. The molecule has 0 fully saturated rings. The summed E-state index contributed by atoms with van der Waals surface area (Å²) in [6, 6.07) is 13.2. The second-order valence-corrected chi connectivity index (χ2v) is 8.08. The number of hydrogen-bond acceptors (Lipinski definition) is 5. The van der Waals surface area contributed by atoms with Crippen LogP contribution in [-0.2, 0) is 10.0 Å². The summed E-state index contributed by atoms with van der Waals surface area (Å²) in [5.41, 5.74) is 1.86. The van der Waals surface area contributed by atoms with Crippen molar-refractivity contribution in [3.05, 3.63) is 71.4 Å². The van der Waals surface area contributed by atoms with Crippen molar-refractivity contribution in [2.45, 2.75) is 11.1 Å². The van der Waals surface area contributed by atoms with Crippen LogP contribution in [0.5, 0.6) is 0 Å². The Morgan fingerprint density at radius 2 is 1.80 bits per heavy atom. The van der Waals surface area contributed by atoms with E-state index in [-0.39, 0.29) is 10.1 Å². The SMILES string of the molecule is Cc1ccc(C(=O)Nc2ccccc2NS(=O)(=O)c2cccs2)cn1. The number of benzene rings is 1. The van der Waals surface area contributed by atoms with Gasteiger partial charge >= 0.3 is 0 Å². The van der Waals surface area contributed by atoms with Crippen LogP contribution in [0.1, 0.15) is 16.1 Å². The Hall–Kier alpha value is -2.71. The number of sulfonamides is 1. The lowest BCUT2D eigenvalue weighted by Gasteiger charge is -2.13. The highest BCUT2D eigenvalue weighted by Crippen LogP contribution is 2.26. The summed E-state index contributed by atoms with van der Waals surface area (Å²) in [4.78, 5) is 16.4. The van der Waals surface area contributed by atoms with Gasteiger partial charge in [-0.15, -0.1) is 11.3 Å². The third-order valence-electron chi connectivity index (χ3n) is 3.35. The highest BCUT2D eigenvalue weighted by atomic mass is 32.2. The van der Waals surface area contributed by atoms with Crippen LogP contribution >= 0.6 is 11.3 Å². The maximum atomic E-state index is 12.4. The molecule has 0 saturated heterocycles. The largest absolute Gasteiger partial charge is 0.320 e. The van der Waals surface area contributed by atoms with E-state index in [4.69, 9.17) is 0 Å². The molecule has 0 aliphatic heterocycles. The minimum absolute atomic E-state index is 0.205. The molecule has 0 atom stereocenters. The van der Waals surface area contributed by atoms with Crippen LogP contribution < -0.4 is 10.0 Å². The lowest BCUT2D eigenvalue weighted by molar-refractivity contribution is 0.102. The Bertz CT molecular complexity index is 982. The summed E-state index contributed by atoms with van der Waals surface area (Å²) < 4.78 is 27.5. The third kappa shape index (κ3) is 4.04. The van der Waals surface area contributed by atoms with Crippen LogP contribution in [0, 0.1) is 6.92 Å². The number of nitrogens with zero attached hydrogens (tertiary/aromatic N) is 1. The highest BCUT2D eigenvalue weighted by Gasteiger charge is 2.18. The summed E-state index contributed by atoms with van der Waals surface area (Å²) in [5.74, 6) is -0.365. The first-order valence-corrected chi connectivity index (χ1v) is 9.71. The van der Waals surface area contributed by atoms with E-state index in [0.29, 0.717) is 16.9 Å². The smallest absolute Gasteiger partial charge is 0.271 e. The average Bonchev–Trinajstić information content (AvgIpc) is 3.12. The molecule has 0 unspecified atom stereocenters. The van der Waals surface area contributed by atoms with Gasteiger partial charge in [-0.25, -0.2) is 8.42 Å². The Labute approximate surface area is 149 Å². The first kappa shape index (κ1) is 17.1. The lowest BCUT2D eigenvalue weighted by atomic mass is 10.2. The quantitative estimate of drug-likeness (QED) is 0.716. The number of aryl methyl sites for hydroxylation is 1. The summed E-state index contributed by atoms with van der Waals surface area (Å²) in [5, 5.41) is 4.40. The van der Waals surface area contributed by atoms with Crippen LogP contribution in [0.2, 0.25) is 0 Å².